The fraction of sp³-hybridized carbons (Fsp3) is 0.588. The Kier molecular flexibility index (Phi) is 4.94. The van der Waals surface area contributed by atoms with Crippen molar-refractivity contribution < 1.29 is 22.7 Å². The summed E-state index contributed by atoms with van der Waals surface area (Å²) in [6.07, 6.45) is 1.15. The molecule has 0 radical (unpaired) electrons. The van der Waals surface area contributed by atoms with Gasteiger partial charge in [0.2, 0.25) is 5.91 Å². The van der Waals surface area contributed by atoms with Crippen molar-refractivity contribution in [3.8, 4) is 0 Å². The summed E-state index contributed by atoms with van der Waals surface area (Å²) in [6, 6.07) is 4.83. The molecule has 3 rings (SSSR count). The lowest BCUT2D eigenvalue weighted by Gasteiger charge is -2.33. The van der Waals surface area contributed by atoms with Crippen molar-refractivity contribution in [2.75, 3.05) is 6.61 Å². The normalized spacial score (nSPS) is 24.0. The highest BCUT2D eigenvalue weighted by molar-refractivity contribution is 7.90. The van der Waals surface area contributed by atoms with E-state index in [0.717, 1.165) is 17.5 Å². The van der Waals surface area contributed by atoms with Crippen LogP contribution in [0.4, 0.5) is 0 Å². The minimum atomic E-state index is -3.89. The minimum Gasteiger partial charge on any atom is -0.377 e. The zero-order valence-electron chi connectivity index (χ0n) is 13.9. The molecule has 24 heavy (non-hydrogen) atoms. The highest BCUT2D eigenvalue weighted by Gasteiger charge is 2.36. The van der Waals surface area contributed by atoms with E-state index in [4.69, 9.17) is 9.47 Å². The second-order valence-electron chi connectivity index (χ2n) is 6.72. The van der Waals surface area contributed by atoms with Crippen LogP contribution in [0.3, 0.4) is 0 Å². The van der Waals surface area contributed by atoms with Crippen LogP contribution in [-0.2, 0) is 37.5 Å². The average molecular weight is 353 g/mol. The molecule has 0 unspecified atom stereocenters. The van der Waals surface area contributed by atoms with E-state index in [9.17, 15) is 13.2 Å². The third-order valence-electron chi connectivity index (χ3n) is 4.60. The minimum absolute atomic E-state index is 0.0953. The Morgan fingerprint density at radius 1 is 1.25 bits per heavy atom. The average Bonchev–Trinajstić information content (AvgIpc) is 3.02. The molecular formula is C17H23NO5S. The summed E-state index contributed by atoms with van der Waals surface area (Å²) >= 11 is 0. The van der Waals surface area contributed by atoms with Gasteiger partial charge in [-0.2, -0.15) is 0 Å². The summed E-state index contributed by atoms with van der Waals surface area (Å²) in [6.45, 7) is 5.47. The second kappa shape index (κ2) is 6.82. The maximum absolute atomic E-state index is 12.5. The molecule has 0 spiro atoms. The number of fused-ring (bicyclic) bond motifs is 1. The Morgan fingerprint density at radius 3 is 2.75 bits per heavy atom. The molecule has 2 aliphatic rings. The lowest BCUT2D eigenvalue weighted by molar-refractivity contribution is -0.135. The van der Waals surface area contributed by atoms with Crippen molar-refractivity contribution in [3.05, 3.63) is 29.3 Å². The molecule has 1 aromatic rings. The molecule has 0 aromatic heterocycles. The SMILES string of the molecule is CC(C)[C@@H]1OCCC[C@@H]1C(=O)NS(=O)(=O)c1ccc2c(c1)COC2. The van der Waals surface area contributed by atoms with Gasteiger partial charge in [-0.25, -0.2) is 13.1 Å². The van der Waals surface area contributed by atoms with Crippen LogP contribution in [0.25, 0.3) is 0 Å². The number of carbonyl (C=O) groups is 1. The molecule has 132 valence electrons. The van der Waals surface area contributed by atoms with E-state index in [-0.39, 0.29) is 16.9 Å². The first-order valence-electron chi connectivity index (χ1n) is 8.26. The Balaban J connectivity index is 1.77. The van der Waals surface area contributed by atoms with E-state index in [0.29, 0.717) is 26.2 Å². The van der Waals surface area contributed by atoms with E-state index in [2.05, 4.69) is 4.72 Å². The molecule has 1 saturated heterocycles. The number of carbonyl (C=O) groups excluding carboxylic acids is 1. The number of hydrogen-bond acceptors (Lipinski definition) is 5. The first kappa shape index (κ1) is 17.4. The van der Waals surface area contributed by atoms with Crippen LogP contribution >= 0.6 is 0 Å². The van der Waals surface area contributed by atoms with Gasteiger partial charge in [0, 0.05) is 6.61 Å². The first-order chi connectivity index (χ1) is 11.4. The van der Waals surface area contributed by atoms with Crippen LogP contribution in [0, 0.1) is 11.8 Å². The number of rotatable bonds is 4. The van der Waals surface area contributed by atoms with Crippen LogP contribution in [0.1, 0.15) is 37.8 Å². The topological polar surface area (TPSA) is 81.7 Å². The van der Waals surface area contributed by atoms with Gasteiger partial charge in [0.15, 0.2) is 0 Å². The smallest absolute Gasteiger partial charge is 0.264 e. The molecule has 1 N–H and O–H groups in total. The van der Waals surface area contributed by atoms with Crippen molar-refractivity contribution in [1.29, 1.82) is 0 Å². The van der Waals surface area contributed by atoms with Gasteiger partial charge in [-0.05, 0) is 42.0 Å². The number of nitrogens with one attached hydrogen (secondary N) is 1. The van der Waals surface area contributed by atoms with Crippen LogP contribution in [0.15, 0.2) is 23.1 Å². The van der Waals surface area contributed by atoms with Crippen molar-refractivity contribution in [2.45, 2.75) is 50.9 Å². The number of ether oxygens (including phenoxy) is 2. The summed E-state index contributed by atoms with van der Waals surface area (Å²) in [5.41, 5.74) is 1.84. The number of hydrogen-bond donors (Lipinski definition) is 1. The predicted molar refractivity (Wildman–Crippen MR) is 87.6 cm³/mol. The highest BCUT2D eigenvalue weighted by Crippen LogP contribution is 2.27. The fourth-order valence-corrected chi connectivity index (χ4v) is 4.40. The number of benzene rings is 1. The Bertz CT molecular complexity index is 728. The van der Waals surface area contributed by atoms with Crippen LogP contribution in [0.2, 0.25) is 0 Å². The predicted octanol–water partition coefficient (Wildman–Crippen LogP) is 1.97. The quantitative estimate of drug-likeness (QED) is 0.895. The van der Waals surface area contributed by atoms with Crippen molar-refractivity contribution in [2.24, 2.45) is 11.8 Å². The van der Waals surface area contributed by atoms with Gasteiger partial charge in [0.1, 0.15) is 0 Å². The molecule has 1 aromatic carbocycles. The largest absolute Gasteiger partial charge is 0.377 e. The van der Waals surface area contributed by atoms with Gasteiger partial charge in [-0.1, -0.05) is 19.9 Å². The van der Waals surface area contributed by atoms with Gasteiger partial charge in [0.25, 0.3) is 10.0 Å². The van der Waals surface area contributed by atoms with Gasteiger partial charge in [0.05, 0.1) is 30.1 Å². The molecule has 0 bridgehead atoms. The van der Waals surface area contributed by atoms with E-state index in [1.165, 1.54) is 6.07 Å². The van der Waals surface area contributed by atoms with Crippen molar-refractivity contribution >= 4 is 15.9 Å². The van der Waals surface area contributed by atoms with Crippen molar-refractivity contribution in [1.82, 2.24) is 4.72 Å². The van der Waals surface area contributed by atoms with Gasteiger partial charge in [-0.15, -0.1) is 0 Å². The van der Waals surface area contributed by atoms with Crippen LogP contribution in [-0.4, -0.2) is 27.0 Å². The third kappa shape index (κ3) is 3.48. The zero-order chi connectivity index (χ0) is 17.3. The van der Waals surface area contributed by atoms with E-state index < -0.39 is 21.8 Å². The van der Waals surface area contributed by atoms with E-state index in [1.807, 2.05) is 13.8 Å². The summed E-state index contributed by atoms with van der Waals surface area (Å²) < 4.78 is 38.3. The highest BCUT2D eigenvalue weighted by atomic mass is 32.2. The molecule has 2 heterocycles. The van der Waals surface area contributed by atoms with Gasteiger partial charge in [-0.3, -0.25) is 4.79 Å². The Morgan fingerprint density at radius 2 is 2.00 bits per heavy atom. The lowest BCUT2D eigenvalue weighted by Crippen LogP contribution is -2.45. The standard InChI is InChI=1S/C17H23NO5S/c1-11(2)16-15(4-3-7-23-16)17(19)18-24(20,21)14-6-5-12-9-22-10-13(12)8-14/h5-6,8,11,15-16H,3-4,7,9-10H2,1-2H3,(H,18,19)/t15-,16-/m0/s1. The van der Waals surface area contributed by atoms with E-state index >= 15 is 0 Å². The molecular weight excluding hydrogens is 330 g/mol. The maximum Gasteiger partial charge on any atom is 0.264 e. The van der Waals surface area contributed by atoms with Crippen molar-refractivity contribution in [3.63, 3.8) is 0 Å². The Hall–Kier alpha value is -1.44. The summed E-state index contributed by atoms with van der Waals surface area (Å²) in [4.78, 5) is 12.6. The summed E-state index contributed by atoms with van der Waals surface area (Å²) in [5, 5.41) is 0. The monoisotopic (exact) mass is 353 g/mol. The molecule has 1 amide bonds. The second-order valence-corrected chi connectivity index (χ2v) is 8.40. The lowest BCUT2D eigenvalue weighted by atomic mass is 9.87. The molecule has 0 saturated carbocycles. The molecule has 6 nitrogen and oxygen atoms in total. The van der Waals surface area contributed by atoms with Crippen LogP contribution < -0.4 is 4.72 Å². The van der Waals surface area contributed by atoms with E-state index in [1.54, 1.807) is 12.1 Å². The number of sulfonamides is 1. The van der Waals surface area contributed by atoms with Gasteiger partial charge < -0.3 is 9.47 Å². The first-order valence-corrected chi connectivity index (χ1v) is 9.74. The third-order valence-corrected chi connectivity index (χ3v) is 5.94. The molecule has 7 heteroatoms. The Labute approximate surface area is 142 Å². The van der Waals surface area contributed by atoms with Crippen LogP contribution in [0.5, 0.6) is 0 Å². The molecule has 0 aliphatic carbocycles. The van der Waals surface area contributed by atoms with Gasteiger partial charge >= 0.3 is 0 Å². The fourth-order valence-electron chi connectivity index (χ4n) is 3.32. The molecule has 2 aliphatic heterocycles. The maximum atomic E-state index is 12.5. The summed E-state index contributed by atoms with van der Waals surface area (Å²) in [7, 11) is -3.89. The number of amides is 1. The molecule has 2 atom stereocenters. The zero-order valence-corrected chi connectivity index (χ0v) is 14.8. The summed E-state index contributed by atoms with van der Waals surface area (Å²) in [5.74, 6) is -0.766. The molecule has 1 fully saturated rings.